The van der Waals surface area contributed by atoms with Crippen molar-refractivity contribution >= 4 is 27.7 Å². The maximum Gasteiger partial charge on any atom is 0.268 e. The first-order chi connectivity index (χ1) is 22.9. The third kappa shape index (κ3) is 9.23. The summed E-state index contributed by atoms with van der Waals surface area (Å²) in [5.41, 5.74) is 9.89. The van der Waals surface area contributed by atoms with Gasteiger partial charge in [-0.3, -0.25) is 9.59 Å². The number of primary amides is 2. The van der Waals surface area contributed by atoms with Gasteiger partial charge in [0.25, 0.3) is 11.8 Å². The molecule has 0 fully saturated rings. The molecule has 6 rings (SSSR count). The number of ether oxygens (including phenoxy) is 2. The lowest BCUT2D eigenvalue weighted by Gasteiger charge is -2.09. The Morgan fingerprint density at radius 2 is 1.31 bits per heavy atom. The van der Waals surface area contributed by atoms with Crippen molar-refractivity contribution in [3.05, 3.63) is 69.7 Å². The summed E-state index contributed by atoms with van der Waals surface area (Å²) in [6, 6.07) is 5.61. The number of imidazole rings is 2. The van der Waals surface area contributed by atoms with E-state index in [2.05, 4.69) is 43.7 Å². The second-order valence-electron chi connectivity index (χ2n) is 11.8. The summed E-state index contributed by atoms with van der Waals surface area (Å²) in [7, 11) is 0. The Kier molecular flexibility index (Phi) is 10.8. The predicted octanol–water partition coefficient (Wildman–Crippen LogP) is 3.64. The fourth-order valence-electron chi connectivity index (χ4n) is 4.34. The van der Waals surface area contributed by atoms with E-state index in [9.17, 15) is 23.5 Å². The van der Waals surface area contributed by atoms with Crippen molar-refractivity contribution in [2.75, 3.05) is 13.2 Å². The van der Waals surface area contributed by atoms with Gasteiger partial charge in [-0.25, -0.2) is 18.7 Å². The van der Waals surface area contributed by atoms with Crippen LogP contribution in [0.1, 0.15) is 54.2 Å². The van der Waals surface area contributed by atoms with E-state index in [1.807, 2.05) is 0 Å². The summed E-state index contributed by atoms with van der Waals surface area (Å²) >= 11 is 3.13. The standard InChI is InChI=1S/C17H16FN3O3.C12H9BrFN3O2.C5H8O/c1-17(2,23)4-3-10-7-11-14(8-12(10)18)24-6-5-21-9-13(15(19)22)20-16(11)21;13-7-3-6-10(4-8(7)14)19-2-1-17-5-9(11(15)18)16-12(6)17;1-4-5(2,3)6/h7-9,23H,5-6H2,1-2H3,(H2,19,22);3-5H,1-2H2,(H2,15,18);1,6H,2-3H3. The molecule has 0 saturated heterocycles. The molecule has 0 unspecified atom stereocenters. The second-order valence-corrected chi connectivity index (χ2v) is 12.7. The van der Waals surface area contributed by atoms with E-state index < -0.39 is 34.7 Å². The van der Waals surface area contributed by atoms with Crippen molar-refractivity contribution in [2.24, 2.45) is 11.5 Å². The molecule has 15 heteroatoms. The average molecular weight is 740 g/mol. The smallest absolute Gasteiger partial charge is 0.268 e. The van der Waals surface area contributed by atoms with Crippen LogP contribution < -0.4 is 20.9 Å². The zero-order valence-corrected chi connectivity index (χ0v) is 28.6. The number of halogens is 3. The monoisotopic (exact) mass is 738 g/mol. The molecule has 6 N–H and O–H groups in total. The molecule has 2 aromatic heterocycles. The lowest BCUT2D eigenvalue weighted by Crippen LogP contribution is -2.14. The van der Waals surface area contributed by atoms with Crippen LogP contribution in [0.5, 0.6) is 11.5 Å². The van der Waals surface area contributed by atoms with Crippen LogP contribution in [0.25, 0.3) is 22.8 Å². The number of benzene rings is 2. The van der Waals surface area contributed by atoms with Crippen LogP contribution in [0.4, 0.5) is 8.78 Å². The van der Waals surface area contributed by atoms with Crippen LogP contribution >= 0.6 is 15.9 Å². The fraction of sp³-hybridized carbons (Fsp3) is 0.294. The number of fused-ring (bicyclic) bond motifs is 6. The number of nitrogens with two attached hydrogens (primary N) is 2. The number of hydrogen-bond acceptors (Lipinski definition) is 8. The summed E-state index contributed by atoms with van der Waals surface area (Å²) in [5, 5.41) is 18.3. The SMILES string of the molecule is C#CC(C)(C)O.CC(C)(O)C#Cc1cc2c(cc1F)OCCn1cc(C(N)=O)nc1-2.NC(=O)c1cn2c(n1)-c1cc(Br)c(F)cc1OCC2. The maximum atomic E-state index is 14.2. The van der Waals surface area contributed by atoms with E-state index in [0.717, 1.165) is 0 Å². The highest BCUT2D eigenvalue weighted by molar-refractivity contribution is 9.10. The topological polar surface area (TPSA) is 181 Å². The van der Waals surface area contributed by atoms with Gasteiger partial charge >= 0.3 is 0 Å². The van der Waals surface area contributed by atoms with Crippen molar-refractivity contribution < 1.29 is 38.1 Å². The van der Waals surface area contributed by atoms with Gasteiger partial charge in [0.05, 0.1) is 34.3 Å². The quantitative estimate of drug-likeness (QED) is 0.225. The van der Waals surface area contributed by atoms with E-state index >= 15 is 0 Å². The molecule has 49 heavy (non-hydrogen) atoms. The number of nitrogens with zero attached hydrogens (tertiary/aromatic N) is 4. The minimum absolute atomic E-state index is 0.108. The summed E-state index contributed by atoms with van der Waals surface area (Å²) in [5.74, 6) is 6.89. The van der Waals surface area contributed by atoms with E-state index in [1.165, 1.54) is 32.0 Å². The molecule has 2 aliphatic rings. The normalized spacial score (nSPS) is 12.7. The van der Waals surface area contributed by atoms with Crippen LogP contribution in [0.15, 0.2) is 41.1 Å². The lowest BCUT2D eigenvalue weighted by molar-refractivity contribution is 0.0987. The molecule has 2 aromatic carbocycles. The molecule has 0 atom stereocenters. The molecule has 0 radical (unpaired) electrons. The van der Waals surface area contributed by atoms with Crippen molar-refractivity contribution in [1.29, 1.82) is 0 Å². The Morgan fingerprint density at radius 1 is 0.857 bits per heavy atom. The van der Waals surface area contributed by atoms with Crippen molar-refractivity contribution in [3.63, 3.8) is 0 Å². The molecule has 4 aromatic rings. The molecule has 12 nitrogen and oxygen atoms in total. The van der Waals surface area contributed by atoms with Gasteiger partial charge in [0, 0.05) is 24.5 Å². The third-order valence-corrected chi connectivity index (χ3v) is 7.28. The fourth-order valence-corrected chi connectivity index (χ4v) is 4.68. The van der Waals surface area contributed by atoms with E-state index in [4.69, 9.17) is 32.5 Å². The van der Waals surface area contributed by atoms with E-state index in [0.29, 0.717) is 65.1 Å². The summed E-state index contributed by atoms with van der Waals surface area (Å²) in [6.45, 7) is 7.80. The largest absolute Gasteiger partial charge is 0.491 e. The molecule has 0 bridgehead atoms. The number of rotatable bonds is 2. The van der Waals surface area contributed by atoms with Gasteiger partial charge in [0.15, 0.2) is 0 Å². The van der Waals surface area contributed by atoms with Crippen molar-refractivity contribution in [3.8, 4) is 58.5 Å². The third-order valence-electron chi connectivity index (χ3n) is 6.67. The van der Waals surface area contributed by atoms with Gasteiger partial charge in [0.2, 0.25) is 0 Å². The Morgan fingerprint density at radius 3 is 1.73 bits per heavy atom. The van der Waals surface area contributed by atoms with Gasteiger partial charge in [-0.15, -0.1) is 6.42 Å². The number of carbonyl (C=O) groups is 2. The molecule has 0 aliphatic carbocycles. The number of carbonyl (C=O) groups excluding carboxylic acids is 2. The molecular formula is C34H33BrF2N6O6. The second kappa shape index (κ2) is 14.5. The van der Waals surface area contributed by atoms with Crippen LogP contribution in [-0.2, 0) is 13.1 Å². The average Bonchev–Trinajstić information content (AvgIpc) is 3.55. The minimum Gasteiger partial charge on any atom is -0.491 e. The van der Waals surface area contributed by atoms with Crippen molar-refractivity contribution in [2.45, 2.75) is 52.0 Å². The van der Waals surface area contributed by atoms with E-state index in [-0.39, 0.29) is 17.0 Å². The van der Waals surface area contributed by atoms with Gasteiger partial charge in [-0.05, 0) is 55.8 Å². The zero-order valence-electron chi connectivity index (χ0n) is 27.0. The number of hydrogen-bond donors (Lipinski definition) is 4. The maximum absolute atomic E-state index is 14.2. The Labute approximate surface area is 289 Å². The first-order valence-corrected chi connectivity index (χ1v) is 15.4. The molecule has 256 valence electrons. The molecule has 4 heterocycles. The number of amides is 2. The first kappa shape index (κ1) is 36.6. The van der Waals surface area contributed by atoms with E-state index in [1.54, 1.807) is 41.4 Å². The minimum atomic E-state index is -1.24. The highest BCUT2D eigenvalue weighted by Crippen LogP contribution is 2.36. The molecule has 2 amide bonds. The Balaban J connectivity index is 0.000000193. The number of aliphatic hydroxyl groups is 2. The number of terminal acetylenes is 1. The molecule has 2 aliphatic heterocycles. The molecule has 0 saturated carbocycles. The van der Waals surface area contributed by atoms with Crippen LogP contribution in [0.3, 0.4) is 0 Å². The predicted molar refractivity (Wildman–Crippen MR) is 179 cm³/mol. The molecular weight excluding hydrogens is 706 g/mol. The Hall–Kier alpha value is -5.22. The van der Waals surface area contributed by atoms with Crippen LogP contribution in [-0.4, -0.2) is 65.5 Å². The van der Waals surface area contributed by atoms with Gasteiger partial charge in [-0.2, -0.15) is 0 Å². The summed E-state index contributed by atoms with van der Waals surface area (Å²) < 4.78 is 42.6. The van der Waals surface area contributed by atoms with Gasteiger partial charge in [-0.1, -0.05) is 17.8 Å². The van der Waals surface area contributed by atoms with Crippen LogP contribution in [0.2, 0.25) is 0 Å². The zero-order chi connectivity index (χ0) is 36.3. The highest BCUT2D eigenvalue weighted by atomic mass is 79.9. The highest BCUT2D eigenvalue weighted by Gasteiger charge is 2.23. The summed E-state index contributed by atoms with van der Waals surface area (Å²) in [4.78, 5) is 30.9. The van der Waals surface area contributed by atoms with Crippen molar-refractivity contribution in [1.82, 2.24) is 19.1 Å². The summed E-state index contributed by atoms with van der Waals surface area (Å²) in [6.07, 6.45) is 7.93. The van der Waals surface area contributed by atoms with Crippen LogP contribution in [0, 0.1) is 35.8 Å². The Bertz CT molecular complexity index is 2030. The van der Waals surface area contributed by atoms with Gasteiger partial charge in [0.1, 0.15) is 70.6 Å². The number of aromatic nitrogens is 4. The lowest BCUT2D eigenvalue weighted by atomic mass is 10.1. The molecule has 0 spiro atoms. The first-order valence-electron chi connectivity index (χ1n) is 14.7. The van der Waals surface area contributed by atoms with Gasteiger partial charge < -0.3 is 40.3 Å².